The van der Waals surface area contributed by atoms with Gasteiger partial charge in [0, 0.05) is 12.3 Å². The van der Waals surface area contributed by atoms with E-state index in [1.165, 1.54) is 30.4 Å². The monoisotopic (exact) mass is 402 g/mol. The van der Waals surface area contributed by atoms with Crippen LogP contribution < -0.4 is 0 Å². The van der Waals surface area contributed by atoms with Gasteiger partial charge in [0.05, 0.1) is 6.61 Å². The molecule has 0 heterocycles. The minimum Gasteiger partial charge on any atom is -0.360 e. The molecule has 0 saturated carbocycles. The molecule has 0 fully saturated rings. The van der Waals surface area contributed by atoms with Gasteiger partial charge in [-0.3, -0.25) is 0 Å². The fourth-order valence-corrected chi connectivity index (χ4v) is 3.47. The lowest BCUT2D eigenvalue weighted by Gasteiger charge is -2.24. The minimum atomic E-state index is -0.0696. The Bertz CT molecular complexity index is 764. The van der Waals surface area contributed by atoms with E-state index in [0.717, 1.165) is 19.3 Å². The van der Waals surface area contributed by atoms with Crippen LogP contribution in [0.25, 0.3) is 0 Å². The fourth-order valence-electron chi connectivity index (χ4n) is 3.47. The van der Waals surface area contributed by atoms with Gasteiger partial charge in [0.2, 0.25) is 0 Å². The number of aryl methyl sites for hydroxylation is 1. The van der Waals surface area contributed by atoms with Crippen LogP contribution in [0.3, 0.4) is 0 Å². The number of benzene rings is 2. The maximum Gasteiger partial charge on any atom is 0.125 e. The van der Waals surface area contributed by atoms with Crippen LogP contribution in [-0.2, 0) is 17.8 Å². The quantitative estimate of drug-likeness (QED) is 0.201. The van der Waals surface area contributed by atoms with Crippen molar-refractivity contribution in [3.63, 3.8) is 0 Å². The molecule has 1 nitrogen and oxygen atoms in total. The maximum atomic E-state index is 6.35. The Morgan fingerprint density at radius 2 is 1.57 bits per heavy atom. The normalized spacial score (nSPS) is 13.2. The third kappa shape index (κ3) is 9.47. The van der Waals surface area contributed by atoms with E-state index in [1.807, 2.05) is 6.07 Å². The molecule has 2 atom stereocenters. The fraction of sp³-hybridized carbons (Fsp3) is 0.448. The van der Waals surface area contributed by atoms with E-state index in [9.17, 15) is 0 Å². The first kappa shape index (κ1) is 24.0. The Labute approximate surface area is 184 Å². The van der Waals surface area contributed by atoms with Gasteiger partial charge in [0.15, 0.2) is 0 Å². The first-order chi connectivity index (χ1) is 14.7. The number of rotatable bonds is 12. The molecule has 0 aromatic heterocycles. The molecule has 2 aromatic carbocycles. The summed E-state index contributed by atoms with van der Waals surface area (Å²) in [7, 11) is 0. The van der Waals surface area contributed by atoms with Crippen molar-refractivity contribution in [3.8, 4) is 11.8 Å². The van der Waals surface area contributed by atoms with Gasteiger partial charge in [-0.15, -0.1) is 5.92 Å². The van der Waals surface area contributed by atoms with Gasteiger partial charge in [-0.05, 0) is 36.3 Å². The largest absolute Gasteiger partial charge is 0.360 e. The highest BCUT2D eigenvalue weighted by Crippen LogP contribution is 2.22. The van der Waals surface area contributed by atoms with Gasteiger partial charge in [0.1, 0.15) is 6.10 Å². The zero-order chi connectivity index (χ0) is 21.4. The standard InChI is InChI=1S/C29H38O/c1-4-5-6-7-14-23-29(30-24-27-20-12-9-13-21-27)28(25(2)3)22-16-15-19-26-17-10-8-11-18-26/h8-13,16-18,20-22,25,28-29H,4-7,15,19,24H2,1-3H3/b22-16-. The third-order valence-corrected chi connectivity index (χ3v) is 5.34. The van der Waals surface area contributed by atoms with Crippen LogP contribution in [-0.4, -0.2) is 6.10 Å². The molecule has 0 aliphatic rings. The predicted octanol–water partition coefficient (Wildman–Crippen LogP) is 7.62. The van der Waals surface area contributed by atoms with E-state index in [4.69, 9.17) is 4.74 Å². The lowest BCUT2D eigenvalue weighted by atomic mass is 9.89. The van der Waals surface area contributed by atoms with E-state index in [2.05, 4.69) is 99.4 Å². The molecular formula is C29H38O. The average molecular weight is 403 g/mol. The summed E-state index contributed by atoms with van der Waals surface area (Å²) < 4.78 is 6.35. The Balaban J connectivity index is 2.02. The molecule has 0 radical (unpaired) electrons. The number of unbranched alkanes of at least 4 members (excludes halogenated alkanes) is 3. The molecule has 160 valence electrons. The molecule has 0 spiro atoms. The number of hydrogen-bond donors (Lipinski definition) is 0. The molecule has 0 saturated heterocycles. The van der Waals surface area contributed by atoms with Crippen molar-refractivity contribution in [2.24, 2.45) is 11.8 Å². The Morgan fingerprint density at radius 1 is 0.900 bits per heavy atom. The van der Waals surface area contributed by atoms with Crippen LogP contribution >= 0.6 is 0 Å². The second kappa shape index (κ2) is 14.6. The van der Waals surface area contributed by atoms with Gasteiger partial charge < -0.3 is 4.74 Å². The summed E-state index contributed by atoms with van der Waals surface area (Å²) in [6, 6.07) is 21.1. The van der Waals surface area contributed by atoms with Gasteiger partial charge >= 0.3 is 0 Å². The summed E-state index contributed by atoms with van der Waals surface area (Å²) in [6.07, 6.45) is 11.3. The number of hydrogen-bond acceptors (Lipinski definition) is 1. The highest BCUT2D eigenvalue weighted by atomic mass is 16.5. The van der Waals surface area contributed by atoms with Crippen LogP contribution in [0.1, 0.15) is 64.0 Å². The Morgan fingerprint density at radius 3 is 2.20 bits per heavy atom. The van der Waals surface area contributed by atoms with Gasteiger partial charge in [-0.2, -0.15) is 0 Å². The molecule has 2 aromatic rings. The third-order valence-electron chi connectivity index (χ3n) is 5.34. The number of ether oxygens (including phenoxy) is 1. The van der Waals surface area contributed by atoms with E-state index >= 15 is 0 Å². The molecule has 2 unspecified atom stereocenters. The second-order valence-electron chi connectivity index (χ2n) is 8.27. The topological polar surface area (TPSA) is 9.23 Å². The van der Waals surface area contributed by atoms with Crippen LogP contribution in [0.2, 0.25) is 0 Å². The molecule has 30 heavy (non-hydrogen) atoms. The lowest BCUT2D eigenvalue weighted by molar-refractivity contribution is 0.0396. The summed E-state index contributed by atoms with van der Waals surface area (Å²) in [4.78, 5) is 0. The van der Waals surface area contributed by atoms with E-state index < -0.39 is 0 Å². The smallest absolute Gasteiger partial charge is 0.125 e. The van der Waals surface area contributed by atoms with Crippen LogP contribution in [0.4, 0.5) is 0 Å². The van der Waals surface area contributed by atoms with Crippen LogP contribution in [0.15, 0.2) is 72.8 Å². The van der Waals surface area contributed by atoms with Crippen molar-refractivity contribution in [1.82, 2.24) is 0 Å². The van der Waals surface area contributed by atoms with Crippen molar-refractivity contribution in [1.29, 1.82) is 0 Å². The molecule has 0 aliphatic carbocycles. The van der Waals surface area contributed by atoms with Crippen molar-refractivity contribution in [3.05, 3.63) is 83.9 Å². The average Bonchev–Trinajstić information content (AvgIpc) is 2.77. The molecule has 0 aliphatic heterocycles. The molecule has 0 N–H and O–H groups in total. The highest BCUT2D eigenvalue weighted by Gasteiger charge is 2.21. The molecular weight excluding hydrogens is 364 g/mol. The van der Waals surface area contributed by atoms with Crippen molar-refractivity contribution >= 4 is 0 Å². The molecule has 0 bridgehead atoms. The SMILES string of the molecule is CCCCCC#CC(OCc1ccccc1)C(/C=C\CCc1ccccc1)C(C)C. The summed E-state index contributed by atoms with van der Waals surface area (Å²) in [5.74, 6) is 7.63. The summed E-state index contributed by atoms with van der Waals surface area (Å²) in [5, 5.41) is 0. The van der Waals surface area contributed by atoms with Crippen molar-refractivity contribution < 1.29 is 4.74 Å². The molecule has 2 rings (SSSR count). The number of allylic oxidation sites excluding steroid dienone is 1. The summed E-state index contributed by atoms with van der Waals surface area (Å²) >= 11 is 0. The Hall–Kier alpha value is -2.30. The van der Waals surface area contributed by atoms with Gasteiger partial charge in [-0.25, -0.2) is 0 Å². The Kier molecular flexibility index (Phi) is 11.7. The first-order valence-corrected chi connectivity index (χ1v) is 11.5. The predicted molar refractivity (Wildman–Crippen MR) is 129 cm³/mol. The van der Waals surface area contributed by atoms with Crippen LogP contribution in [0, 0.1) is 23.7 Å². The lowest BCUT2D eigenvalue weighted by Crippen LogP contribution is -2.25. The summed E-state index contributed by atoms with van der Waals surface area (Å²) in [5.41, 5.74) is 2.58. The molecule has 1 heteroatoms. The highest BCUT2D eigenvalue weighted by molar-refractivity contribution is 5.17. The first-order valence-electron chi connectivity index (χ1n) is 11.5. The zero-order valence-electron chi connectivity index (χ0n) is 19.0. The van der Waals surface area contributed by atoms with E-state index in [-0.39, 0.29) is 6.10 Å². The van der Waals surface area contributed by atoms with E-state index in [1.54, 1.807) is 0 Å². The van der Waals surface area contributed by atoms with Gasteiger partial charge in [0.25, 0.3) is 0 Å². The van der Waals surface area contributed by atoms with Gasteiger partial charge in [-0.1, -0.05) is 112 Å². The van der Waals surface area contributed by atoms with E-state index in [0.29, 0.717) is 18.4 Å². The van der Waals surface area contributed by atoms with Crippen LogP contribution in [0.5, 0.6) is 0 Å². The van der Waals surface area contributed by atoms with Crippen molar-refractivity contribution in [2.45, 2.75) is 72.0 Å². The maximum absolute atomic E-state index is 6.35. The molecule has 0 amide bonds. The zero-order valence-corrected chi connectivity index (χ0v) is 19.0. The van der Waals surface area contributed by atoms with Crippen molar-refractivity contribution in [2.75, 3.05) is 0 Å². The minimum absolute atomic E-state index is 0.0696. The second-order valence-corrected chi connectivity index (χ2v) is 8.27. The summed E-state index contributed by atoms with van der Waals surface area (Å²) in [6.45, 7) is 7.37.